The van der Waals surface area contributed by atoms with Crippen molar-refractivity contribution in [3.63, 3.8) is 0 Å². The number of carbonyl (C=O) groups is 2. The maximum atomic E-state index is 14.4. The molecule has 176 valence electrons. The molecule has 0 spiro atoms. The maximum absolute atomic E-state index is 14.4. The van der Waals surface area contributed by atoms with E-state index in [2.05, 4.69) is 0 Å². The topological polar surface area (TPSA) is 108 Å². The van der Waals surface area contributed by atoms with Crippen LogP contribution < -0.4 is 4.90 Å². The van der Waals surface area contributed by atoms with Crippen molar-refractivity contribution in [1.82, 2.24) is 4.31 Å². The van der Waals surface area contributed by atoms with Gasteiger partial charge in [-0.3, -0.25) is 4.79 Å². The standard InChI is InChI=1S/C23H26FN3O5S/c1-4-26(5-2)33(30,31)19-12-13-21(24)20(16-19)23(29)32-17(3)22(28)27(15-9-14-25)18-10-7-6-8-11-18/h6-8,10-13,16-17H,4-5,9,15H2,1-3H3. The first-order valence-electron chi connectivity index (χ1n) is 10.4. The van der Waals surface area contributed by atoms with E-state index in [4.69, 9.17) is 10.00 Å². The molecule has 1 unspecified atom stereocenters. The highest BCUT2D eigenvalue weighted by Gasteiger charge is 2.28. The summed E-state index contributed by atoms with van der Waals surface area (Å²) in [7, 11) is -3.93. The number of rotatable bonds is 10. The van der Waals surface area contributed by atoms with Crippen LogP contribution in [0.4, 0.5) is 10.1 Å². The van der Waals surface area contributed by atoms with E-state index < -0.39 is 39.4 Å². The predicted molar refractivity (Wildman–Crippen MR) is 120 cm³/mol. The van der Waals surface area contributed by atoms with Crippen LogP contribution >= 0.6 is 0 Å². The minimum atomic E-state index is -3.93. The first-order chi connectivity index (χ1) is 15.7. The number of benzene rings is 2. The normalized spacial score (nSPS) is 12.1. The molecule has 1 atom stereocenters. The number of para-hydroxylation sites is 1. The van der Waals surface area contributed by atoms with Gasteiger partial charge in [0.1, 0.15) is 5.82 Å². The third-order valence-corrected chi connectivity index (χ3v) is 6.96. The van der Waals surface area contributed by atoms with Gasteiger partial charge in [0.15, 0.2) is 6.10 Å². The number of nitriles is 1. The van der Waals surface area contributed by atoms with Crippen molar-refractivity contribution < 1.29 is 27.1 Å². The van der Waals surface area contributed by atoms with Gasteiger partial charge in [0, 0.05) is 25.3 Å². The molecular formula is C23H26FN3O5S. The lowest BCUT2D eigenvalue weighted by Gasteiger charge is -2.25. The van der Waals surface area contributed by atoms with Gasteiger partial charge in [-0.15, -0.1) is 0 Å². The van der Waals surface area contributed by atoms with Gasteiger partial charge in [0.05, 0.1) is 22.9 Å². The van der Waals surface area contributed by atoms with Crippen molar-refractivity contribution >= 4 is 27.6 Å². The van der Waals surface area contributed by atoms with Crippen molar-refractivity contribution in [3.05, 3.63) is 59.9 Å². The number of sulfonamides is 1. The summed E-state index contributed by atoms with van der Waals surface area (Å²) in [6.07, 6.45) is -1.25. The third-order valence-electron chi connectivity index (χ3n) is 4.91. The van der Waals surface area contributed by atoms with E-state index in [1.165, 1.54) is 16.1 Å². The van der Waals surface area contributed by atoms with Crippen molar-refractivity contribution in [1.29, 1.82) is 5.26 Å². The summed E-state index contributed by atoms with van der Waals surface area (Å²) in [5.41, 5.74) is -0.0784. The SMILES string of the molecule is CCN(CC)S(=O)(=O)c1ccc(F)c(C(=O)OC(C)C(=O)N(CCC#N)c2ccccc2)c1. The van der Waals surface area contributed by atoms with Crippen LogP contribution in [0.15, 0.2) is 53.4 Å². The summed E-state index contributed by atoms with van der Waals surface area (Å²) in [5, 5.41) is 8.91. The number of hydrogen-bond donors (Lipinski definition) is 0. The average Bonchev–Trinajstić information content (AvgIpc) is 2.80. The fourth-order valence-corrected chi connectivity index (χ4v) is 4.65. The smallest absolute Gasteiger partial charge is 0.341 e. The molecule has 0 N–H and O–H groups in total. The molecule has 0 heterocycles. The Balaban J connectivity index is 2.28. The van der Waals surface area contributed by atoms with E-state index in [9.17, 15) is 22.4 Å². The van der Waals surface area contributed by atoms with Gasteiger partial charge in [0.2, 0.25) is 10.0 Å². The van der Waals surface area contributed by atoms with Crippen LogP contribution in [0, 0.1) is 17.1 Å². The first kappa shape index (κ1) is 26.0. The molecule has 0 bridgehead atoms. The molecule has 10 heteroatoms. The minimum Gasteiger partial charge on any atom is -0.449 e. The summed E-state index contributed by atoms with van der Waals surface area (Å²) < 4.78 is 46.2. The zero-order chi connectivity index (χ0) is 24.6. The molecule has 33 heavy (non-hydrogen) atoms. The first-order valence-corrected chi connectivity index (χ1v) is 11.8. The van der Waals surface area contributed by atoms with E-state index in [0.717, 1.165) is 18.2 Å². The summed E-state index contributed by atoms with van der Waals surface area (Å²) in [6.45, 7) is 5.15. The Bertz CT molecular complexity index is 1130. The molecule has 0 radical (unpaired) electrons. The second-order valence-electron chi connectivity index (χ2n) is 7.01. The molecule has 2 aromatic rings. The Morgan fingerprint density at radius 2 is 1.76 bits per heavy atom. The van der Waals surface area contributed by atoms with Crippen molar-refractivity contribution in [2.75, 3.05) is 24.5 Å². The number of ether oxygens (including phenoxy) is 1. The minimum absolute atomic E-state index is 0.0567. The molecule has 0 aliphatic rings. The van der Waals surface area contributed by atoms with Crippen LogP contribution in [0.5, 0.6) is 0 Å². The second kappa shape index (κ2) is 11.5. The van der Waals surface area contributed by atoms with E-state index in [0.29, 0.717) is 5.69 Å². The van der Waals surface area contributed by atoms with Crippen LogP contribution in [0.2, 0.25) is 0 Å². The number of nitrogens with zero attached hydrogens (tertiary/aromatic N) is 3. The van der Waals surface area contributed by atoms with E-state index in [1.54, 1.807) is 44.2 Å². The zero-order valence-corrected chi connectivity index (χ0v) is 19.5. The number of hydrogen-bond acceptors (Lipinski definition) is 6. The van der Waals surface area contributed by atoms with Crippen LogP contribution in [0.25, 0.3) is 0 Å². The van der Waals surface area contributed by atoms with Gasteiger partial charge in [-0.25, -0.2) is 17.6 Å². The molecule has 2 rings (SSSR count). The molecular weight excluding hydrogens is 449 g/mol. The molecule has 0 aromatic heterocycles. The Kier molecular flexibility index (Phi) is 9.08. The largest absolute Gasteiger partial charge is 0.449 e. The van der Waals surface area contributed by atoms with Gasteiger partial charge >= 0.3 is 5.97 Å². The lowest BCUT2D eigenvalue weighted by molar-refractivity contribution is -0.126. The fourth-order valence-electron chi connectivity index (χ4n) is 3.16. The fraction of sp³-hybridized carbons (Fsp3) is 0.348. The zero-order valence-electron chi connectivity index (χ0n) is 18.7. The molecule has 0 aliphatic heterocycles. The molecule has 0 saturated heterocycles. The highest BCUT2D eigenvalue weighted by Crippen LogP contribution is 2.21. The molecule has 1 amide bonds. The maximum Gasteiger partial charge on any atom is 0.341 e. The number of carbonyl (C=O) groups excluding carboxylic acids is 2. The van der Waals surface area contributed by atoms with Crippen LogP contribution in [0.3, 0.4) is 0 Å². The molecule has 0 fully saturated rings. The van der Waals surface area contributed by atoms with Crippen LogP contribution in [-0.2, 0) is 19.6 Å². The van der Waals surface area contributed by atoms with Gasteiger partial charge in [-0.2, -0.15) is 9.57 Å². The van der Waals surface area contributed by atoms with E-state index in [1.807, 2.05) is 6.07 Å². The number of anilines is 1. The Hall–Kier alpha value is -3.29. The Labute approximate surface area is 193 Å². The summed E-state index contributed by atoms with van der Waals surface area (Å²) >= 11 is 0. The quantitative estimate of drug-likeness (QED) is 0.488. The van der Waals surface area contributed by atoms with Gasteiger partial charge in [0.25, 0.3) is 5.91 Å². The van der Waals surface area contributed by atoms with Crippen molar-refractivity contribution in [2.24, 2.45) is 0 Å². The number of amides is 1. The predicted octanol–water partition coefficient (Wildman–Crippen LogP) is 3.35. The highest BCUT2D eigenvalue weighted by atomic mass is 32.2. The molecule has 8 nitrogen and oxygen atoms in total. The summed E-state index contributed by atoms with van der Waals surface area (Å²) in [5.74, 6) is -2.74. The summed E-state index contributed by atoms with van der Waals surface area (Å²) in [6, 6.07) is 13.4. The van der Waals surface area contributed by atoms with Gasteiger partial charge in [-0.05, 0) is 37.3 Å². The van der Waals surface area contributed by atoms with Crippen molar-refractivity contribution in [2.45, 2.75) is 38.2 Å². The number of esters is 1. The highest BCUT2D eigenvalue weighted by molar-refractivity contribution is 7.89. The van der Waals surface area contributed by atoms with E-state index >= 15 is 0 Å². The van der Waals surface area contributed by atoms with E-state index in [-0.39, 0.29) is 31.0 Å². The monoisotopic (exact) mass is 475 g/mol. The van der Waals surface area contributed by atoms with Gasteiger partial charge < -0.3 is 9.64 Å². The lowest BCUT2D eigenvalue weighted by Crippen LogP contribution is -2.40. The second-order valence-corrected chi connectivity index (χ2v) is 8.95. The third kappa shape index (κ3) is 6.15. The Morgan fingerprint density at radius 1 is 1.12 bits per heavy atom. The van der Waals surface area contributed by atoms with Crippen LogP contribution in [0.1, 0.15) is 37.6 Å². The Morgan fingerprint density at radius 3 is 2.33 bits per heavy atom. The lowest BCUT2D eigenvalue weighted by atomic mass is 10.2. The average molecular weight is 476 g/mol. The molecule has 0 aliphatic carbocycles. The van der Waals surface area contributed by atoms with Crippen molar-refractivity contribution in [3.8, 4) is 6.07 Å². The molecule has 2 aromatic carbocycles. The van der Waals surface area contributed by atoms with Crippen LogP contribution in [-0.4, -0.2) is 50.3 Å². The molecule has 0 saturated carbocycles. The number of halogens is 1. The van der Waals surface area contributed by atoms with Gasteiger partial charge in [-0.1, -0.05) is 32.0 Å². The summed E-state index contributed by atoms with van der Waals surface area (Å²) in [4.78, 5) is 26.6.